The molecule has 0 saturated carbocycles. The standard InChI is InChI=1S/C20H15FN6O/c1-26-10-9-14(24-26)12-28-20-16(13-5-4-6-13)11-18-22-23-19(27(18)25-20)15-7-2-3-8-17(15)21/h2-11H,12H2,1H3. The van der Waals surface area contributed by atoms with E-state index in [2.05, 4.69) is 20.4 Å². The molecule has 1 aromatic carbocycles. The summed E-state index contributed by atoms with van der Waals surface area (Å²) in [7, 11) is 1.85. The van der Waals surface area contributed by atoms with Crippen LogP contribution >= 0.6 is 0 Å². The van der Waals surface area contributed by atoms with E-state index in [0.29, 0.717) is 22.9 Å². The van der Waals surface area contributed by atoms with Gasteiger partial charge in [0.05, 0.1) is 11.3 Å². The van der Waals surface area contributed by atoms with Crippen molar-refractivity contribution in [2.45, 2.75) is 6.61 Å². The first-order valence-electron chi connectivity index (χ1n) is 8.70. The number of aryl methyl sites for hydroxylation is 1. The number of aromatic nitrogens is 6. The van der Waals surface area contributed by atoms with Crippen LogP contribution in [0.4, 0.5) is 4.39 Å². The van der Waals surface area contributed by atoms with Crippen LogP contribution in [-0.4, -0.2) is 29.6 Å². The molecule has 1 aliphatic rings. The fourth-order valence-electron chi connectivity index (χ4n) is 2.99. The van der Waals surface area contributed by atoms with E-state index >= 15 is 0 Å². The lowest BCUT2D eigenvalue weighted by molar-refractivity contribution is 0.283. The SMILES string of the molecule is Cn1ccc(COc2nn3c(-c4ccccc4F)nnc3cc2C2=CC=C2)n1. The van der Waals surface area contributed by atoms with Crippen LogP contribution in [0.25, 0.3) is 22.6 Å². The molecule has 0 N–H and O–H groups in total. The lowest BCUT2D eigenvalue weighted by Gasteiger charge is -2.13. The first-order chi connectivity index (χ1) is 13.7. The third-order valence-corrected chi connectivity index (χ3v) is 4.46. The van der Waals surface area contributed by atoms with Gasteiger partial charge in [-0.3, -0.25) is 4.68 Å². The molecule has 0 aliphatic heterocycles. The van der Waals surface area contributed by atoms with E-state index in [4.69, 9.17) is 4.74 Å². The lowest BCUT2D eigenvalue weighted by atomic mass is 10.0. The van der Waals surface area contributed by atoms with Crippen molar-refractivity contribution < 1.29 is 9.13 Å². The minimum atomic E-state index is -0.386. The second kappa shape index (κ2) is 6.41. The number of hydrogen-bond acceptors (Lipinski definition) is 5. The fourth-order valence-corrected chi connectivity index (χ4v) is 2.99. The van der Waals surface area contributed by atoms with Gasteiger partial charge in [0.15, 0.2) is 11.5 Å². The topological polar surface area (TPSA) is 70.1 Å². The molecule has 4 aromatic rings. The molecular formula is C20H15FN6O. The summed E-state index contributed by atoms with van der Waals surface area (Å²) in [5.41, 5.74) is 3.42. The van der Waals surface area contributed by atoms with E-state index in [1.165, 1.54) is 10.6 Å². The summed E-state index contributed by atoms with van der Waals surface area (Å²) in [4.78, 5) is 0. The minimum absolute atomic E-state index is 0.264. The smallest absolute Gasteiger partial charge is 0.240 e. The second-order valence-electron chi connectivity index (χ2n) is 6.39. The molecule has 0 atom stereocenters. The van der Waals surface area contributed by atoms with Gasteiger partial charge < -0.3 is 4.74 Å². The van der Waals surface area contributed by atoms with Gasteiger partial charge in [0.1, 0.15) is 12.4 Å². The zero-order chi connectivity index (χ0) is 19.1. The number of nitrogens with zero attached hydrogens (tertiary/aromatic N) is 6. The van der Waals surface area contributed by atoms with Crippen LogP contribution in [0.2, 0.25) is 0 Å². The van der Waals surface area contributed by atoms with Crippen LogP contribution in [0.1, 0.15) is 11.3 Å². The average Bonchev–Trinajstić information content (AvgIpc) is 3.24. The largest absolute Gasteiger partial charge is 0.470 e. The zero-order valence-electron chi connectivity index (χ0n) is 15.0. The highest BCUT2D eigenvalue weighted by Crippen LogP contribution is 2.31. The first-order valence-corrected chi connectivity index (χ1v) is 8.70. The van der Waals surface area contributed by atoms with Crippen molar-refractivity contribution in [3.8, 4) is 17.3 Å². The molecule has 0 fully saturated rings. The van der Waals surface area contributed by atoms with Crippen LogP contribution in [0.5, 0.6) is 5.88 Å². The number of hydrogen-bond donors (Lipinski definition) is 0. The van der Waals surface area contributed by atoms with E-state index in [0.717, 1.165) is 16.8 Å². The Morgan fingerprint density at radius 2 is 1.93 bits per heavy atom. The van der Waals surface area contributed by atoms with Gasteiger partial charge in [0.2, 0.25) is 5.88 Å². The highest BCUT2D eigenvalue weighted by atomic mass is 19.1. The highest BCUT2D eigenvalue weighted by Gasteiger charge is 2.19. The molecule has 5 rings (SSSR count). The molecular weight excluding hydrogens is 359 g/mol. The first kappa shape index (κ1) is 16.4. The molecule has 1 aliphatic carbocycles. The van der Waals surface area contributed by atoms with Crippen molar-refractivity contribution in [3.05, 3.63) is 77.9 Å². The molecule has 3 aromatic heterocycles. The van der Waals surface area contributed by atoms with Gasteiger partial charge in [0, 0.05) is 18.8 Å². The van der Waals surface area contributed by atoms with Gasteiger partial charge in [-0.1, -0.05) is 30.4 Å². The van der Waals surface area contributed by atoms with E-state index in [1.54, 1.807) is 22.9 Å². The summed E-state index contributed by atoms with van der Waals surface area (Å²) in [5, 5.41) is 17.2. The third kappa shape index (κ3) is 2.75. The maximum absolute atomic E-state index is 14.3. The fraction of sp³-hybridized carbons (Fsp3) is 0.100. The van der Waals surface area contributed by atoms with Gasteiger partial charge in [0.25, 0.3) is 0 Å². The lowest BCUT2D eigenvalue weighted by Crippen LogP contribution is -2.06. The van der Waals surface area contributed by atoms with Crippen LogP contribution in [-0.2, 0) is 13.7 Å². The number of fused-ring (bicyclic) bond motifs is 1. The predicted octanol–water partition coefficient (Wildman–Crippen LogP) is 3.20. The van der Waals surface area contributed by atoms with Gasteiger partial charge in [-0.15, -0.1) is 15.3 Å². The monoisotopic (exact) mass is 374 g/mol. The maximum Gasteiger partial charge on any atom is 0.240 e. The van der Waals surface area contributed by atoms with Crippen molar-refractivity contribution in [2.24, 2.45) is 7.05 Å². The zero-order valence-corrected chi connectivity index (χ0v) is 15.0. The highest BCUT2D eigenvalue weighted by molar-refractivity contribution is 5.84. The Balaban J connectivity index is 1.59. The summed E-state index contributed by atoms with van der Waals surface area (Å²) < 4.78 is 23.4. The third-order valence-electron chi connectivity index (χ3n) is 4.46. The van der Waals surface area contributed by atoms with Crippen LogP contribution in [0.15, 0.2) is 60.8 Å². The molecule has 0 saturated heterocycles. The number of halogens is 1. The van der Waals surface area contributed by atoms with E-state index in [-0.39, 0.29) is 12.4 Å². The molecule has 7 nitrogen and oxygen atoms in total. The molecule has 138 valence electrons. The maximum atomic E-state index is 14.3. The predicted molar refractivity (Wildman–Crippen MR) is 101 cm³/mol. The molecule has 3 heterocycles. The number of rotatable bonds is 5. The number of benzene rings is 1. The van der Waals surface area contributed by atoms with Gasteiger partial charge in [-0.25, -0.2) is 4.39 Å². The molecule has 28 heavy (non-hydrogen) atoms. The summed E-state index contributed by atoms with van der Waals surface area (Å²) in [5.74, 6) is 0.342. The van der Waals surface area contributed by atoms with Gasteiger partial charge in [-0.05, 0) is 29.8 Å². The normalized spacial score (nSPS) is 12.9. The van der Waals surface area contributed by atoms with Gasteiger partial charge in [-0.2, -0.15) is 9.61 Å². The Labute approximate surface area is 159 Å². The van der Waals surface area contributed by atoms with Crippen molar-refractivity contribution in [1.82, 2.24) is 29.6 Å². The summed E-state index contributed by atoms with van der Waals surface area (Å²) in [6, 6.07) is 10.1. The Morgan fingerprint density at radius 1 is 1.07 bits per heavy atom. The van der Waals surface area contributed by atoms with Gasteiger partial charge >= 0.3 is 0 Å². The van der Waals surface area contributed by atoms with Crippen molar-refractivity contribution in [2.75, 3.05) is 0 Å². The van der Waals surface area contributed by atoms with Crippen LogP contribution in [0.3, 0.4) is 0 Å². The Kier molecular flexibility index (Phi) is 3.75. The summed E-state index contributed by atoms with van der Waals surface area (Å²) in [6.07, 6.45) is 7.73. The molecule has 8 heteroatoms. The molecule has 0 amide bonds. The van der Waals surface area contributed by atoms with E-state index < -0.39 is 0 Å². The summed E-state index contributed by atoms with van der Waals surface area (Å²) in [6.45, 7) is 0.264. The number of ether oxygens (including phenoxy) is 1. The molecule has 0 spiro atoms. The second-order valence-corrected chi connectivity index (χ2v) is 6.39. The van der Waals surface area contributed by atoms with Crippen molar-refractivity contribution in [1.29, 1.82) is 0 Å². The van der Waals surface area contributed by atoms with Crippen molar-refractivity contribution >= 4 is 11.2 Å². The van der Waals surface area contributed by atoms with Crippen LogP contribution < -0.4 is 4.74 Å². The quantitative estimate of drug-likeness (QED) is 0.537. The van der Waals surface area contributed by atoms with E-state index in [1.807, 2.05) is 43.6 Å². The Hall–Kier alpha value is -3.81. The summed E-state index contributed by atoms with van der Waals surface area (Å²) >= 11 is 0. The number of allylic oxidation sites excluding steroid dienone is 4. The minimum Gasteiger partial charge on any atom is -0.470 e. The van der Waals surface area contributed by atoms with Crippen LogP contribution in [0, 0.1) is 5.82 Å². The van der Waals surface area contributed by atoms with Crippen molar-refractivity contribution in [3.63, 3.8) is 0 Å². The molecule has 0 radical (unpaired) electrons. The average molecular weight is 374 g/mol. The molecule has 0 unspecified atom stereocenters. The Morgan fingerprint density at radius 3 is 2.64 bits per heavy atom. The Bertz CT molecular complexity index is 1250. The molecule has 0 bridgehead atoms. The van der Waals surface area contributed by atoms with E-state index in [9.17, 15) is 4.39 Å².